The number of fused-ring (bicyclic) bond motifs is 7. The highest BCUT2D eigenvalue weighted by atomic mass is 16.3. The molecule has 1 aliphatic carbocycles. The molecule has 1 aliphatic rings. The Labute approximate surface area is 324 Å². The molecule has 0 radical (unpaired) electrons. The number of furan rings is 1. The van der Waals surface area contributed by atoms with Crippen LogP contribution in [0.4, 0.5) is 0 Å². The second-order valence-electron chi connectivity index (χ2n) is 13.9. The van der Waals surface area contributed by atoms with Crippen molar-refractivity contribution in [3.05, 3.63) is 194 Å². The van der Waals surface area contributed by atoms with Crippen LogP contribution in [-0.2, 0) is 0 Å². The van der Waals surface area contributed by atoms with Crippen LogP contribution >= 0.6 is 0 Å². The number of hydrogen-bond donors (Lipinski definition) is 0. The van der Waals surface area contributed by atoms with Crippen molar-refractivity contribution in [2.75, 3.05) is 0 Å². The van der Waals surface area contributed by atoms with E-state index in [-0.39, 0.29) is 0 Å². The molecule has 9 aromatic rings. The maximum atomic E-state index is 6.43. The van der Waals surface area contributed by atoms with E-state index in [0.29, 0.717) is 17.5 Å². The van der Waals surface area contributed by atoms with Crippen LogP contribution in [0.2, 0.25) is 0 Å². The minimum Gasteiger partial charge on any atom is -0.456 e. The van der Waals surface area contributed by atoms with Gasteiger partial charge in [-0.15, -0.1) is 0 Å². The minimum absolute atomic E-state index is 0.574. The Balaban J connectivity index is 1.32. The van der Waals surface area contributed by atoms with Gasteiger partial charge in [-0.25, -0.2) is 15.0 Å². The third kappa shape index (κ3) is 5.78. The Morgan fingerprint density at radius 1 is 0.571 bits per heavy atom. The maximum absolute atomic E-state index is 6.43. The van der Waals surface area contributed by atoms with Gasteiger partial charge in [0.1, 0.15) is 11.2 Å². The molecule has 0 amide bonds. The summed E-state index contributed by atoms with van der Waals surface area (Å²) >= 11 is 0. The van der Waals surface area contributed by atoms with E-state index in [4.69, 9.17) is 19.4 Å². The van der Waals surface area contributed by atoms with Crippen molar-refractivity contribution in [1.29, 1.82) is 0 Å². The molecule has 10 rings (SSSR count). The molecule has 56 heavy (non-hydrogen) atoms. The number of nitrogens with zero attached hydrogens (tertiary/aromatic N) is 4. The van der Waals surface area contributed by atoms with Crippen LogP contribution in [-0.4, -0.2) is 19.5 Å². The van der Waals surface area contributed by atoms with Gasteiger partial charge < -0.3 is 8.98 Å². The van der Waals surface area contributed by atoms with Gasteiger partial charge in [-0.2, -0.15) is 0 Å². The Hall–Kier alpha value is -7.37. The summed E-state index contributed by atoms with van der Waals surface area (Å²) in [6, 6.07) is 46.7. The maximum Gasteiger partial charge on any atom is 0.164 e. The number of hydrogen-bond acceptors (Lipinski definition) is 4. The normalized spacial score (nSPS) is 13.2. The quantitative estimate of drug-likeness (QED) is 0.147. The standard InChI is InChI=1S/C51H36N4O/c1-2-3-4-14-29-46-52-50(36-23-12-7-13-24-36)54-51(53-46)37-32-40(34-19-8-5-9-20-34)49(41(33-37)35-21-10-6-11-22-35)55-42-27-17-15-25-38(42)47-43(55)30-31-45-48(47)39-26-16-18-28-44(39)56-45/h2-5,7-10,12-33H,1,6,11H2/b4-3-,29-14+. The lowest BCUT2D eigenvalue weighted by Gasteiger charge is -2.22. The second-order valence-corrected chi connectivity index (χ2v) is 13.9. The smallest absolute Gasteiger partial charge is 0.164 e. The summed E-state index contributed by atoms with van der Waals surface area (Å²) in [6.45, 7) is 3.80. The molecule has 3 heterocycles. The molecule has 0 bridgehead atoms. The van der Waals surface area contributed by atoms with Crippen molar-refractivity contribution in [2.45, 2.75) is 12.8 Å². The molecule has 6 aromatic carbocycles. The highest BCUT2D eigenvalue weighted by Gasteiger charge is 2.25. The molecule has 0 spiro atoms. The van der Waals surface area contributed by atoms with Crippen LogP contribution < -0.4 is 0 Å². The average Bonchev–Trinajstić information content (AvgIpc) is 3.81. The molecule has 0 saturated heterocycles. The highest BCUT2D eigenvalue weighted by molar-refractivity contribution is 6.27. The van der Waals surface area contributed by atoms with Crippen molar-refractivity contribution in [3.63, 3.8) is 0 Å². The van der Waals surface area contributed by atoms with E-state index in [0.717, 1.165) is 84.9 Å². The molecule has 5 heteroatoms. The lowest BCUT2D eigenvalue weighted by molar-refractivity contribution is 0.669. The van der Waals surface area contributed by atoms with Crippen LogP contribution in [0.15, 0.2) is 187 Å². The van der Waals surface area contributed by atoms with Crippen LogP contribution in [0.3, 0.4) is 0 Å². The van der Waals surface area contributed by atoms with Crippen molar-refractivity contribution >= 4 is 55.4 Å². The Kier molecular flexibility index (Phi) is 8.38. The van der Waals surface area contributed by atoms with E-state index >= 15 is 0 Å². The number of allylic oxidation sites excluding steroid dienone is 8. The van der Waals surface area contributed by atoms with Gasteiger partial charge in [0, 0.05) is 43.8 Å². The molecule has 3 aromatic heterocycles. The largest absolute Gasteiger partial charge is 0.456 e. The van der Waals surface area contributed by atoms with E-state index in [2.05, 4.69) is 126 Å². The molecule has 266 valence electrons. The fourth-order valence-electron chi connectivity index (χ4n) is 7.99. The van der Waals surface area contributed by atoms with Gasteiger partial charge in [-0.05, 0) is 66.5 Å². The summed E-state index contributed by atoms with van der Waals surface area (Å²) in [4.78, 5) is 15.1. The fourth-order valence-corrected chi connectivity index (χ4v) is 7.99. The summed E-state index contributed by atoms with van der Waals surface area (Å²) in [6.07, 6.45) is 18.3. The number of para-hydroxylation sites is 2. The number of rotatable bonds is 8. The van der Waals surface area contributed by atoms with Gasteiger partial charge in [0.2, 0.25) is 0 Å². The Morgan fingerprint density at radius 2 is 1.29 bits per heavy atom. The summed E-state index contributed by atoms with van der Waals surface area (Å²) in [5, 5.41) is 4.60. The third-order valence-corrected chi connectivity index (χ3v) is 10.4. The molecule has 0 aliphatic heterocycles. The van der Waals surface area contributed by atoms with Crippen molar-refractivity contribution < 1.29 is 4.42 Å². The van der Waals surface area contributed by atoms with Crippen LogP contribution in [0.1, 0.15) is 24.2 Å². The first-order chi connectivity index (χ1) is 27.7. The van der Waals surface area contributed by atoms with Crippen molar-refractivity contribution in [2.24, 2.45) is 0 Å². The van der Waals surface area contributed by atoms with Crippen molar-refractivity contribution in [1.82, 2.24) is 19.5 Å². The Morgan fingerprint density at radius 3 is 2.07 bits per heavy atom. The zero-order valence-electron chi connectivity index (χ0n) is 30.6. The molecule has 0 N–H and O–H groups in total. The summed E-state index contributed by atoms with van der Waals surface area (Å²) in [5.41, 5.74) is 11.4. The van der Waals surface area contributed by atoms with E-state index in [1.165, 1.54) is 10.8 Å². The molecule has 5 nitrogen and oxygen atoms in total. The van der Waals surface area contributed by atoms with Crippen LogP contribution in [0, 0.1) is 0 Å². The molecule has 0 saturated carbocycles. The van der Waals surface area contributed by atoms with E-state index in [1.54, 1.807) is 6.08 Å². The molecule has 0 unspecified atom stereocenters. The number of benzene rings is 6. The summed E-state index contributed by atoms with van der Waals surface area (Å²) < 4.78 is 8.89. The molecular formula is C51H36N4O. The predicted molar refractivity (Wildman–Crippen MR) is 232 cm³/mol. The van der Waals surface area contributed by atoms with E-state index in [1.807, 2.05) is 60.7 Å². The van der Waals surface area contributed by atoms with Gasteiger partial charge in [0.05, 0.1) is 16.7 Å². The van der Waals surface area contributed by atoms with Crippen molar-refractivity contribution in [3.8, 4) is 39.6 Å². The van der Waals surface area contributed by atoms with Gasteiger partial charge in [-0.3, -0.25) is 0 Å². The van der Waals surface area contributed by atoms with Gasteiger partial charge >= 0.3 is 0 Å². The van der Waals surface area contributed by atoms with Gasteiger partial charge in [0.15, 0.2) is 17.5 Å². The monoisotopic (exact) mass is 720 g/mol. The van der Waals surface area contributed by atoms with E-state index < -0.39 is 0 Å². The van der Waals surface area contributed by atoms with Crippen LogP contribution in [0.5, 0.6) is 0 Å². The first kappa shape index (κ1) is 33.2. The SMILES string of the molecule is C=C/C=C\C=C\c1nc(-c2ccccc2)nc(-c2cc(C3=CCCC=C3)c(-n3c4ccccc4c4c5c(ccc43)oc3ccccc35)c(-c3ccccc3)c2)n1. The van der Waals surface area contributed by atoms with Gasteiger partial charge in [0.25, 0.3) is 0 Å². The van der Waals surface area contributed by atoms with E-state index in [9.17, 15) is 0 Å². The first-order valence-corrected chi connectivity index (χ1v) is 19.0. The predicted octanol–water partition coefficient (Wildman–Crippen LogP) is 13.4. The topological polar surface area (TPSA) is 56.7 Å². The summed E-state index contributed by atoms with van der Waals surface area (Å²) in [7, 11) is 0. The third-order valence-electron chi connectivity index (χ3n) is 10.4. The lowest BCUT2D eigenvalue weighted by atomic mass is 9.90. The number of aromatic nitrogens is 4. The first-order valence-electron chi connectivity index (χ1n) is 19.0. The zero-order chi connectivity index (χ0) is 37.4. The molecule has 0 fully saturated rings. The zero-order valence-corrected chi connectivity index (χ0v) is 30.6. The molecular weight excluding hydrogens is 685 g/mol. The van der Waals surface area contributed by atoms with Gasteiger partial charge in [-0.1, -0.05) is 146 Å². The second kappa shape index (κ2) is 14.1. The fraction of sp³-hybridized carbons (Fsp3) is 0.0392. The van der Waals surface area contributed by atoms with Crippen LogP contribution in [0.25, 0.3) is 95.0 Å². The highest BCUT2D eigenvalue weighted by Crippen LogP contribution is 2.45. The lowest BCUT2D eigenvalue weighted by Crippen LogP contribution is -2.05. The Bertz CT molecular complexity index is 3090. The molecule has 0 atom stereocenters. The average molecular weight is 721 g/mol. The minimum atomic E-state index is 0.574. The summed E-state index contributed by atoms with van der Waals surface area (Å²) in [5.74, 6) is 1.79.